The first kappa shape index (κ1) is 11.4. The van der Waals surface area contributed by atoms with Crippen molar-refractivity contribution in [3.8, 4) is 0 Å². The molecule has 2 fully saturated rings. The van der Waals surface area contributed by atoms with Crippen LogP contribution < -0.4 is 10.6 Å². The molecule has 90 valence electrons. The first-order valence-corrected chi connectivity index (χ1v) is 5.85. The van der Waals surface area contributed by atoms with Crippen LogP contribution in [0.25, 0.3) is 0 Å². The van der Waals surface area contributed by atoms with Crippen LogP contribution in [0.2, 0.25) is 0 Å². The maximum Gasteiger partial charge on any atom is 0.325 e. The van der Waals surface area contributed by atoms with E-state index in [0.29, 0.717) is 12.5 Å². The summed E-state index contributed by atoms with van der Waals surface area (Å²) in [6.07, 6.45) is 2.08. The van der Waals surface area contributed by atoms with Gasteiger partial charge in [-0.2, -0.15) is 0 Å². The highest BCUT2D eigenvalue weighted by Gasteiger charge is 2.44. The van der Waals surface area contributed by atoms with Crippen molar-refractivity contribution in [1.29, 1.82) is 0 Å². The van der Waals surface area contributed by atoms with Gasteiger partial charge in [0.25, 0.3) is 5.91 Å². The van der Waals surface area contributed by atoms with Crippen LogP contribution in [-0.2, 0) is 4.79 Å². The number of urea groups is 1. The van der Waals surface area contributed by atoms with Crippen LogP contribution in [0.4, 0.5) is 4.79 Å². The van der Waals surface area contributed by atoms with Crippen molar-refractivity contribution >= 4 is 11.9 Å². The largest absolute Gasteiger partial charge is 0.325 e. The van der Waals surface area contributed by atoms with Crippen molar-refractivity contribution in [1.82, 2.24) is 15.5 Å². The van der Waals surface area contributed by atoms with Crippen LogP contribution in [0.3, 0.4) is 0 Å². The Morgan fingerprint density at radius 3 is 2.44 bits per heavy atom. The van der Waals surface area contributed by atoms with E-state index >= 15 is 0 Å². The Kier molecular flexibility index (Phi) is 2.88. The summed E-state index contributed by atoms with van der Waals surface area (Å²) < 4.78 is 0. The molecule has 0 bridgehead atoms. The summed E-state index contributed by atoms with van der Waals surface area (Å²) in [5, 5.41) is 5.98. The van der Waals surface area contributed by atoms with E-state index < -0.39 is 5.54 Å². The van der Waals surface area contributed by atoms with Crippen molar-refractivity contribution in [2.75, 3.05) is 19.6 Å². The molecule has 5 heteroatoms. The number of hydrogen-bond acceptors (Lipinski definition) is 3. The summed E-state index contributed by atoms with van der Waals surface area (Å²) in [5.74, 6) is 0.348. The van der Waals surface area contributed by atoms with Crippen molar-refractivity contribution in [3.05, 3.63) is 0 Å². The fraction of sp³-hybridized carbons (Fsp3) is 0.818. The smallest absolute Gasteiger partial charge is 0.324 e. The lowest BCUT2D eigenvalue weighted by molar-refractivity contribution is -0.130. The fourth-order valence-corrected chi connectivity index (χ4v) is 2.31. The SMILES string of the molecule is CC1(C)NC(=O)N(CC2CCNCC2)C1=O. The predicted octanol–water partition coefficient (Wildman–Crippen LogP) is 0.316. The van der Waals surface area contributed by atoms with E-state index in [1.165, 1.54) is 4.90 Å². The molecule has 5 nitrogen and oxygen atoms in total. The highest BCUT2D eigenvalue weighted by Crippen LogP contribution is 2.21. The molecule has 2 aliphatic rings. The van der Waals surface area contributed by atoms with E-state index in [2.05, 4.69) is 10.6 Å². The van der Waals surface area contributed by atoms with Gasteiger partial charge in [-0.15, -0.1) is 0 Å². The molecular weight excluding hydrogens is 206 g/mol. The summed E-state index contributed by atoms with van der Waals surface area (Å²) in [6, 6.07) is -0.242. The van der Waals surface area contributed by atoms with Gasteiger partial charge in [-0.1, -0.05) is 0 Å². The van der Waals surface area contributed by atoms with E-state index in [0.717, 1.165) is 25.9 Å². The van der Waals surface area contributed by atoms with Crippen molar-refractivity contribution in [3.63, 3.8) is 0 Å². The monoisotopic (exact) mass is 225 g/mol. The summed E-state index contributed by atoms with van der Waals surface area (Å²) >= 11 is 0. The topological polar surface area (TPSA) is 61.4 Å². The third kappa shape index (κ3) is 2.04. The van der Waals surface area contributed by atoms with Crippen LogP contribution in [0.1, 0.15) is 26.7 Å². The Morgan fingerprint density at radius 2 is 1.94 bits per heavy atom. The maximum atomic E-state index is 11.9. The minimum Gasteiger partial charge on any atom is -0.324 e. The standard InChI is InChI=1S/C11H19N3O2/c1-11(2)9(15)14(10(16)13-11)7-8-3-5-12-6-4-8/h8,12H,3-7H2,1-2H3,(H,13,16). The van der Waals surface area contributed by atoms with E-state index in [1.807, 2.05) is 0 Å². The van der Waals surface area contributed by atoms with E-state index in [1.54, 1.807) is 13.8 Å². The highest BCUT2D eigenvalue weighted by molar-refractivity contribution is 6.06. The molecule has 3 amide bonds. The third-order valence-electron chi connectivity index (χ3n) is 3.34. The maximum absolute atomic E-state index is 11.9. The summed E-state index contributed by atoms with van der Waals surface area (Å²) in [5.41, 5.74) is -0.732. The minimum absolute atomic E-state index is 0.101. The number of nitrogens with one attached hydrogen (secondary N) is 2. The summed E-state index contributed by atoms with van der Waals surface area (Å²) in [7, 11) is 0. The number of carbonyl (C=O) groups is 2. The summed E-state index contributed by atoms with van der Waals surface area (Å²) in [4.78, 5) is 25.0. The van der Waals surface area contributed by atoms with Gasteiger partial charge in [-0.05, 0) is 45.7 Å². The molecule has 0 atom stereocenters. The molecule has 2 aliphatic heterocycles. The van der Waals surface area contributed by atoms with Crippen LogP contribution in [0.5, 0.6) is 0 Å². The average molecular weight is 225 g/mol. The molecular formula is C11H19N3O2. The zero-order valence-corrected chi connectivity index (χ0v) is 9.88. The molecule has 0 radical (unpaired) electrons. The van der Waals surface area contributed by atoms with Crippen LogP contribution in [-0.4, -0.2) is 42.0 Å². The quantitative estimate of drug-likeness (QED) is 0.665. The lowest BCUT2D eigenvalue weighted by Gasteiger charge is -2.26. The Labute approximate surface area is 95.6 Å². The second-order valence-corrected chi connectivity index (χ2v) is 5.16. The van der Waals surface area contributed by atoms with E-state index in [4.69, 9.17) is 0 Å². The molecule has 2 rings (SSSR count). The van der Waals surface area contributed by atoms with Gasteiger partial charge in [-0.25, -0.2) is 4.79 Å². The van der Waals surface area contributed by atoms with Crippen LogP contribution in [0.15, 0.2) is 0 Å². The Balaban J connectivity index is 1.99. The number of carbonyl (C=O) groups excluding carboxylic acids is 2. The van der Waals surface area contributed by atoms with Gasteiger partial charge in [0.05, 0.1) is 0 Å². The molecule has 0 aromatic heterocycles. The molecule has 0 spiro atoms. The molecule has 0 unspecified atom stereocenters. The average Bonchev–Trinajstić information content (AvgIpc) is 2.42. The number of imide groups is 1. The van der Waals surface area contributed by atoms with Gasteiger partial charge >= 0.3 is 6.03 Å². The molecule has 0 aromatic carbocycles. The number of amides is 3. The second-order valence-electron chi connectivity index (χ2n) is 5.16. The number of hydrogen-bond donors (Lipinski definition) is 2. The molecule has 0 saturated carbocycles. The van der Waals surface area contributed by atoms with Crippen LogP contribution >= 0.6 is 0 Å². The van der Waals surface area contributed by atoms with Gasteiger partial charge in [0.1, 0.15) is 5.54 Å². The minimum atomic E-state index is -0.732. The van der Waals surface area contributed by atoms with E-state index in [9.17, 15) is 9.59 Å². The molecule has 16 heavy (non-hydrogen) atoms. The van der Waals surface area contributed by atoms with E-state index in [-0.39, 0.29) is 11.9 Å². The van der Waals surface area contributed by atoms with Gasteiger partial charge < -0.3 is 10.6 Å². The fourth-order valence-electron chi connectivity index (χ4n) is 2.31. The number of rotatable bonds is 2. The van der Waals surface area contributed by atoms with Gasteiger partial charge in [-0.3, -0.25) is 9.69 Å². The molecule has 0 aliphatic carbocycles. The third-order valence-corrected chi connectivity index (χ3v) is 3.34. The van der Waals surface area contributed by atoms with Gasteiger partial charge in [0.2, 0.25) is 0 Å². The first-order valence-electron chi connectivity index (χ1n) is 5.85. The van der Waals surface area contributed by atoms with Gasteiger partial charge in [0, 0.05) is 6.54 Å². The second kappa shape index (κ2) is 4.05. The number of nitrogens with zero attached hydrogens (tertiary/aromatic N) is 1. The lowest BCUT2D eigenvalue weighted by Crippen LogP contribution is -2.42. The normalized spacial score (nSPS) is 26.0. The molecule has 2 N–H and O–H groups in total. The van der Waals surface area contributed by atoms with Crippen LogP contribution in [0, 0.1) is 5.92 Å². The summed E-state index contributed by atoms with van der Waals surface area (Å²) in [6.45, 7) is 6.02. The van der Waals surface area contributed by atoms with Crippen molar-refractivity contribution in [2.24, 2.45) is 5.92 Å². The van der Waals surface area contributed by atoms with Gasteiger partial charge in [0.15, 0.2) is 0 Å². The molecule has 0 aromatic rings. The Bertz CT molecular complexity index is 308. The first-order chi connectivity index (χ1) is 7.50. The molecule has 2 heterocycles. The highest BCUT2D eigenvalue weighted by atomic mass is 16.2. The number of piperidine rings is 1. The zero-order chi connectivity index (χ0) is 11.8. The Morgan fingerprint density at radius 1 is 1.31 bits per heavy atom. The zero-order valence-electron chi connectivity index (χ0n) is 9.88. The lowest BCUT2D eigenvalue weighted by atomic mass is 9.97. The van der Waals surface area contributed by atoms with Crippen molar-refractivity contribution < 1.29 is 9.59 Å². The Hall–Kier alpha value is -1.10. The molecule has 2 saturated heterocycles. The van der Waals surface area contributed by atoms with Crippen molar-refractivity contribution in [2.45, 2.75) is 32.2 Å². The predicted molar refractivity (Wildman–Crippen MR) is 59.9 cm³/mol.